The summed E-state index contributed by atoms with van der Waals surface area (Å²) in [4.78, 5) is 13.9. The molecule has 0 aromatic heterocycles. The Balaban J connectivity index is 2.88. The number of rotatable bonds is 3. The molecule has 0 saturated carbocycles. The highest BCUT2D eigenvalue weighted by Gasteiger charge is 2.25. The van der Waals surface area contributed by atoms with Crippen molar-refractivity contribution >= 4 is 6.09 Å². The largest absolute Gasteiger partial charge is 0.444 e. The van der Waals surface area contributed by atoms with Crippen LogP contribution in [0.5, 0.6) is 0 Å². The van der Waals surface area contributed by atoms with Gasteiger partial charge in [-0.25, -0.2) is 4.79 Å². The number of carbonyl (C=O) groups is 1. The number of nitrogens with zero attached hydrogens (tertiary/aromatic N) is 2. The fourth-order valence-electron chi connectivity index (χ4n) is 1.90. The molecule has 1 aromatic rings. The van der Waals surface area contributed by atoms with Gasteiger partial charge in [0.15, 0.2) is 0 Å². The van der Waals surface area contributed by atoms with E-state index < -0.39 is 5.60 Å². The van der Waals surface area contributed by atoms with Gasteiger partial charge in [0.2, 0.25) is 0 Å². The average molecular weight is 274 g/mol. The highest BCUT2D eigenvalue weighted by atomic mass is 16.6. The number of nitriles is 1. The lowest BCUT2D eigenvalue weighted by molar-refractivity contribution is 0.0186. The summed E-state index contributed by atoms with van der Waals surface area (Å²) in [5, 5.41) is 8.80. The van der Waals surface area contributed by atoms with Gasteiger partial charge in [-0.1, -0.05) is 12.1 Å². The van der Waals surface area contributed by atoms with Crippen LogP contribution in [-0.4, -0.2) is 23.1 Å². The van der Waals surface area contributed by atoms with E-state index in [1.807, 2.05) is 46.8 Å². The maximum absolute atomic E-state index is 12.2. The molecule has 1 unspecified atom stereocenters. The number of hydrogen-bond donors (Lipinski definition) is 0. The molecule has 0 heterocycles. The normalized spacial score (nSPS) is 12.4. The topological polar surface area (TPSA) is 53.3 Å². The van der Waals surface area contributed by atoms with Gasteiger partial charge in [-0.15, -0.1) is 0 Å². The molecule has 0 aliphatic heterocycles. The summed E-state index contributed by atoms with van der Waals surface area (Å²) >= 11 is 0. The van der Waals surface area contributed by atoms with Crippen LogP contribution in [-0.2, 0) is 4.74 Å². The van der Waals surface area contributed by atoms with Crippen LogP contribution in [0.2, 0.25) is 0 Å². The van der Waals surface area contributed by atoms with Crippen LogP contribution < -0.4 is 0 Å². The Morgan fingerprint density at radius 1 is 1.35 bits per heavy atom. The van der Waals surface area contributed by atoms with Gasteiger partial charge in [-0.05, 0) is 52.3 Å². The molecule has 4 nitrogen and oxygen atoms in total. The minimum Gasteiger partial charge on any atom is -0.444 e. The molecule has 0 N–H and O–H groups in total. The molecule has 0 bridgehead atoms. The van der Waals surface area contributed by atoms with Crippen molar-refractivity contribution in [1.82, 2.24) is 4.90 Å². The average Bonchev–Trinajstić information content (AvgIpc) is 2.37. The first-order chi connectivity index (χ1) is 9.28. The number of hydrogen-bond acceptors (Lipinski definition) is 3. The van der Waals surface area contributed by atoms with Crippen molar-refractivity contribution in [3.8, 4) is 6.07 Å². The predicted molar refractivity (Wildman–Crippen MR) is 78.2 cm³/mol. The van der Waals surface area contributed by atoms with Crippen molar-refractivity contribution < 1.29 is 9.53 Å². The van der Waals surface area contributed by atoms with Crippen molar-refractivity contribution in [2.24, 2.45) is 0 Å². The van der Waals surface area contributed by atoms with Gasteiger partial charge in [0.05, 0.1) is 17.7 Å². The van der Waals surface area contributed by atoms with E-state index in [4.69, 9.17) is 10.00 Å². The predicted octanol–water partition coefficient (Wildman–Crippen LogP) is 3.88. The third-order valence-corrected chi connectivity index (χ3v) is 2.96. The van der Waals surface area contributed by atoms with Crippen LogP contribution in [0, 0.1) is 11.3 Å². The Kier molecular flexibility index (Phi) is 5.15. The smallest absolute Gasteiger partial charge is 0.410 e. The lowest BCUT2D eigenvalue weighted by Gasteiger charge is -2.31. The quantitative estimate of drug-likeness (QED) is 0.840. The lowest BCUT2D eigenvalue weighted by atomic mass is 10.1. The number of amides is 1. The monoisotopic (exact) mass is 274 g/mol. The van der Waals surface area contributed by atoms with Crippen LogP contribution in [0.25, 0.3) is 0 Å². The van der Waals surface area contributed by atoms with Crippen LogP contribution >= 0.6 is 0 Å². The third kappa shape index (κ3) is 4.27. The minimum atomic E-state index is -0.505. The first kappa shape index (κ1) is 16.0. The zero-order valence-electron chi connectivity index (χ0n) is 12.8. The molecule has 0 saturated heterocycles. The molecular weight excluding hydrogens is 252 g/mol. The minimum absolute atomic E-state index is 0.0948. The molecule has 0 aliphatic carbocycles. The highest BCUT2D eigenvalue weighted by molar-refractivity contribution is 5.68. The molecule has 1 amide bonds. The van der Waals surface area contributed by atoms with Gasteiger partial charge < -0.3 is 9.64 Å². The Bertz CT molecular complexity index is 495. The molecule has 0 aliphatic rings. The Labute approximate surface area is 121 Å². The first-order valence-corrected chi connectivity index (χ1v) is 6.78. The maximum atomic E-state index is 12.2. The Morgan fingerprint density at radius 2 is 1.90 bits per heavy atom. The van der Waals surface area contributed by atoms with Crippen molar-refractivity contribution in [3.05, 3.63) is 35.4 Å². The molecule has 0 radical (unpaired) electrons. The van der Waals surface area contributed by atoms with Gasteiger partial charge in [-0.2, -0.15) is 5.26 Å². The molecule has 1 aromatic carbocycles. The van der Waals surface area contributed by atoms with Crippen LogP contribution in [0.15, 0.2) is 24.3 Å². The standard InChI is InChI=1S/C16H22N2O2/c1-6-18(15(19)20-16(3,4)5)12(2)14-9-7-13(11-17)8-10-14/h7-10,12H,6H2,1-5H3. The SMILES string of the molecule is CCN(C(=O)OC(C)(C)C)C(C)c1ccc(C#N)cc1. The van der Waals surface area contributed by atoms with Crippen molar-refractivity contribution in [1.29, 1.82) is 5.26 Å². The molecule has 4 heteroatoms. The molecule has 108 valence electrons. The first-order valence-electron chi connectivity index (χ1n) is 6.78. The lowest BCUT2D eigenvalue weighted by Crippen LogP contribution is -2.38. The van der Waals surface area contributed by atoms with E-state index in [2.05, 4.69) is 6.07 Å². The molecule has 1 rings (SSSR count). The van der Waals surface area contributed by atoms with Gasteiger partial charge in [0, 0.05) is 6.54 Å². The van der Waals surface area contributed by atoms with E-state index in [1.54, 1.807) is 17.0 Å². The summed E-state index contributed by atoms with van der Waals surface area (Å²) in [5.74, 6) is 0. The van der Waals surface area contributed by atoms with Gasteiger partial charge in [-0.3, -0.25) is 0 Å². The molecular formula is C16H22N2O2. The summed E-state index contributed by atoms with van der Waals surface area (Å²) in [6.45, 7) is 10.00. The third-order valence-electron chi connectivity index (χ3n) is 2.96. The van der Waals surface area contributed by atoms with Crippen LogP contribution in [0.4, 0.5) is 4.79 Å². The zero-order valence-corrected chi connectivity index (χ0v) is 12.8. The maximum Gasteiger partial charge on any atom is 0.410 e. The summed E-state index contributed by atoms with van der Waals surface area (Å²) in [6, 6.07) is 9.25. The van der Waals surface area contributed by atoms with E-state index in [1.165, 1.54) is 0 Å². The van der Waals surface area contributed by atoms with E-state index in [9.17, 15) is 4.79 Å². The molecule has 20 heavy (non-hydrogen) atoms. The number of benzene rings is 1. The van der Waals surface area contributed by atoms with Crippen LogP contribution in [0.3, 0.4) is 0 Å². The second-order valence-electron chi connectivity index (χ2n) is 5.68. The molecule has 0 fully saturated rings. The zero-order chi connectivity index (χ0) is 15.3. The van der Waals surface area contributed by atoms with E-state index in [-0.39, 0.29) is 12.1 Å². The number of ether oxygens (including phenoxy) is 1. The van der Waals surface area contributed by atoms with Crippen molar-refractivity contribution in [2.75, 3.05) is 6.54 Å². The molecule has 0 spiro atoms. The van der Waals surface area contributed by atoms with E-state index >= 15 is 0 Å². The van der Waals surface area contributed by atoms with Gasteiger partial charge >= 0.3 is 6.09 Å². The summed E-state index contributed by atoms with van der Waals surface area (Å²) in [5.41, 5.74) is 1.09. The number of carbonyl (C=O) groups excluding carboxylic acids is 1. The van der Waals surface area contributed by atoms with Crippen LogP contribution in [0.1, 0.15) is 51.8 Å². The van der Waals surface area contributed by atoms with Crippen molar-refractivity contribution in [3.63, 3.8) is 0 Å². The van der Waals surface area contributed by atoms with Gasteiger partial charge in [0.1, 0.15) is 5.60 Å². The fourth-order valence-corrected chi connectivity index (χ4v) is 1.90. The van der Waals surface area contributed by atoms with E-state index in [0.29, 0.717) is 12.1 Å². The fraction of sp³-hybridized carbons (Fsp3) is 0.500. The van der Waals surface area contributed by atoms with Gasteiger partial charge in [0.25, 0.3) is 0 Å². The summed E-state index contributed by atoms with van der Waals surface area (Å²) in [7, 11) is 0. The summed E-state index contributed by atoms with van der Waals surface area (Å²) in [6.07, 6.45) is -0.322. The second-order valence-corrected chi connectivity index (χ2v) is 5.68. The van der Waals surface area contributed by atoms with Crippen molar-refractivity contribution in [2.45, 2.75) is 46.3 Å². The molecule has 1 atom stereocenters. The van der Waals surface area contributed by atoms with E-state index in [0.717, 1.165) is 5.56 Å². The Morgan fingerprint density at radius 3 is 2.30 bits per heavy atom. The Hall–Kier alpha value is -2.02. The summed E-state index contributed by atoms with van der Waals surface area (Å²) < 4.78 is 5.41. The highest BCUT2D eigenvalue weighted by Crippen LogP contribution is 2.22. The second kappa shape index (κ2) is 6.42.